The van der Waals surface area contributed by atoms with Crippen LogP contribution in [-0.4, -0.2) is 27.9 Å². The highest BCUT2D eigenvalue weighted by Gasteiger charge is 2.09. The summed E-state index contributed by atoms with van der Waals surface area (Å²) in [6.07, 6.45) is 4.32. The Labute approximate surface area is 107 Å². The van der Waals surface area contributed by atoms with Crippen molar-refractivity contribution in [1.82, 2.24) is 20.1 Å². The van der Waals surface area contributed by atoms with Gasteiger partial charge in [-0.1, -0.05) is 13.8 Å². The molecule has 0 amide bonds. The average molecular weight is 248 g/mol. The fraction of sp³-hybridized carbons (Fsp3) is 0.538. The molecule has 0 aliphatic carbocycles. The summed E-state index contributed by atoms with van der Waals surface area (Å²) in [5.41, 5.74) is 0.948. The van der Waals surface area contributed by atoms with E-state index in [4.69, 9.17) is 4.42 Å². The van der Waals surface area contributed by atoms with Crippen LogP contribution in [0.1, 0.15) is 19.7 Å². The zero-order valence-corrected chi connectivity index (χ0v) is 11.2. The summed E-state index contributed by atoms with van der Waals surface area (Å²) in [5.74, 6) is 2.20. The van der Waals surface area contributed by atoms with Crippen LogP contribution in [0.4, 0.5) is 0 Å². The summed E-state index contributed by atoms with van der Waals surface area (Å²) in [4.78, 5) is 4.28. The van der Waals surface area contributed by atoms with Crippen molar-refractivity contribution in [2.24, 2.45) is 13.0 Å². The monoisotopic (exact) mass is 248 g/mol. The quantitative estimate of drug-likeness (QED) is 0.793. The van der Waals surface area contributed by atoms with Crippen LogP contribution < -0.4 is 5.32 Å². The number of aryl methyl sites for hydroxylation is 1. The molecule has 5 heteroatoms. The Hall–Kier alpha value is -1.62. The van der Waals surface area contributed by atoms with E-state index in [9.17, 15) is 0 Å². The van der Waals surface area contributed by atoms with E-state index in [1.165, 1.54) is 0 Å². The Bertz CT molecular complexity index is 487. The molecule has 0 aliphatic heterocycles. The molecule has 0 atom stereocenters. The summed E-state index contributed by atoms with van der Waals surface area (Å²) in [6, 6.07) is 1.92. The van der Waals surface area contributed by atoms with Gasteiger partial charge in [0.1, 0.15) is 5.69 Å². The van der Waals surface area contributed by atoms with Crippen LogP contribution >= 0.6 is 0 Å². The second kappa shape index (κ2) is 5.82. The van der Waals surface area contributed by atoms with Gasteiger partial charge in [0.25, 0.3) is 0 Å². The second-order valence-electron chi connectivity index (χ2n) is 4.81. The number of hydrogen-bond acceptors (Lipinski definition) is 4. The summed E-state index contributed by atoms with van der Waals surface area (Å²) in [6.45, 7) is 6.30. The molecule has 2 aromatic heterocycles. The molecule has 0 unspecified atom stereocenters. The minimum atomic E-state index is 0.666. The molecule has 0 radical (unpaired) electrons. The molecule has 0 saturated carbocycles. The van der Waals surface area contributed by atoms with Gasteiger partial charge in [0.05, 0.1) is 6.20 Å². The van der Waals surface area contributed by atoms with E-state index in [1.807, 2.05) is 13.1 Å². The number of hydrogen-bond donors (Lipinski definition) is 1. The lowest BCUT2D eigenvalue weighted by atomic mass is 10.2. The smallest absolute Gasteiger partial charge is 0.196 e. The second-order valence-corrected chi connectivity index (χ2v) is 4.81. The van der Waals surface area contributed by atoms with Gasteiger partial charge in [-0.15, -0.1) is 0 Å². The number of aromatic nitrogens is 3. The van der Waals surface area contributed by atoms with Gasteiger partial charge in [-0.3, -0.25) is 4.68 Å². The molecule has 0 saturated heterocycles. The van der Waals surface area contributed by atoms with Crippen molar-refractivity contribution in [3.8, 4) is 11.5 Å². The van der Waals surface area contributed by atoms with E-state index in [-0.39, 0.29) is 0 Å². The van der Waals surface area contributed by atoms with Crippen LogP contribution in [0.3, 0.4) is 0 Å². The molecule has 2 rings (SSSR count). The van der Waals surface area contributed by atoms with Gasteiger partial charge >= 0.3 is 0 Å². The molecule has 1 N–H and O–H groups in total. The Morgan fingerprint density at radius 1 is 1.44 bits per heavy atom. The summed E-state index contributed by atoms with van der Waals surface area (Å²) in [5, 5.41) is 7.48. The average Bonchev–Trinajstić information content (AvgIpc) is 2.92. The van der Waals surface area contributed by atoms with Gasteiger partial charge in [0.2, 0.25) is 0 Å². The molecule has 2 heterocycles. The topological polar surface area (TPSA) is 55.9 Å². The van der Waals surface area contributed by atoms with Crippen molar-refractivity contribution in [3.05, 3.63) is 24.4 Å². The van der Waals surface area contributed by atoms with Crippen LogP contribution in [-0.2, 0) is 13.5 Å². The first kappa shape index (κ1) is 12.8. The molecule has 98 valence electrons. The van der Waals surface area contributed by atoms with E-state index >= 15 is 0 Å². The molecule has 0 aliphatic rings. The highest BCUT2D eigenvalue weighted by atomic mass is 16.4. The first-order valence-corrected chi connectivity index (χ1v) is 6.30. The Morgan fingerprint density at radius 2 is 2.28 bits per heavy atom. The Morgan fingerprint density at radius 3 is 2.94 bits per heavy atom. The Balaban J connectivity index is 1.89. The molecule has 0 aromatic carbocycles. The zero-order chi connectivity index (χ0) is 13.0. The standard InChI is InChI=1S/C13H20N4O/c1-10(2)8-14-6-5-13-15-9-12(18-13)11-4-7-16-17(11)3/h4,7,9-10,14H,5-6,8H2,1-3H3. The third-order valence-electron chi connectivity index (χ3n) is 2.70. The maximum Gasteiger partial charge on any atom is 0.196 e. The van der Waals surface area contributed by atoms with Crippen LogP contribution in [0.25, 0.3) is 11.5 Å². The van der Waals surface area contributed by atoms with Gasteiger partial charge in [0.15, 0.2) is 11.7 Å². The van der Waals surface area contributed by atoms with Crippen LogP contribution in [0, 0.1) is 5.92 Å². The van der Waals surface area contributed by atoms with Crippen LogP contribution in [0.2, 0.25) is 0 Å². The molecule has 5 nitrogen and oxygen atoms in total. The van der Waals surface area contributed by atoms with Gasteiger partial charge in [-0.05, 0) is 18.5 Å². The van der Waals surface area contributed by atoms with Crippen LogP contribution in [0.15, 0.2) is 22.9 Å². The molecular weight excluding hydrogens is 228 g/mol. The van der Waals surface area contributed by atoms with Gasteiger partial charge < -0.3 is 9.73 Å². The lowest BCUT2D eigenvalue weighted by molar-refractivity contribution is 0.480. The maximum absolute atomic E-state index is 5.70. The van der Waals surface area contributed by atoms with Crippen molar-refractivity contribution in [1.29, 1.82) is 0 Å². The van der Waals surface area contributed by atoms with Crippen LogP contribution in [0.5, 0.6) is 0 Å². The molecule has 0 fully saturated rings. The molecule has 0 bridgehead atoms. The fourth-order valence-electron chi connectivity index (χ4n) is 1.75. The Kier molecular flexibility index (Phi) is 4.15. The van der Waals surface area contributed by atoms with E-state index in [2.05, 4.69) is 29.2 Å². The minimum Gasteiger partial charge on any atom is -0.439 e. The van der Waals surface area contributed by atoms with E-state index in [0.29, 0.717) is 5.92 Å². The molecular formula is C13H20N4O. The number of nitrogens with zero attached hydrogens (tertiary/aromatic N) is 3. The van der Waals surface area contributed by atoms with E-state index in [0.717, 1.165) is 36.9 Å². The fourth-order valence-corrected chi connectivity index (χ4v) is 1.75. The third-order valence-corrected chi connectivity index (χ3v) is 2.70. The van der Waals surface area contributed by atoms with Crippen molar-refractivity contribution >= 4 is 0 Å². The van der Waals surface area contributed by atoms with E-state index < -0.39 is 0 Å². The largest absolute Gasteiger partial charge is 0.439 e. The molecule has 2 aromatic rings. The lowest BCUT2D eigenvalue weighted by Gasteiger charge is -2.05. The van der Waals surface area contributed by atoms with E-state index in [1.54, 1.807) is 17.1 Å². The van der Waals surface area contributed by atoms with Crippen molar-refractivity contribution in [2.75, 3.05) is 13.1 Å². The summed E-state index contributed by atoms with van der Waals surface area (Å²) < 4.78 is 7.48. The highest BCUT2D eigenvalue weighted by molar-refractivity contribution is 5.50. The summed E-state index contributed by atoms with van der Waals surface area (Å²) >= 11 is 0. The molecule has 0 spiro atoms. The maximum atomic E-state index is 5.70. The lowest BCUT2D eigenvalue weighted by Crippen LogP contribution is -2.22. The molecule has 18 heavy (non-hydrogen) atoms. The van der Waals surface area contributed by atoms with Gasteiger partial charge in [0, 0.05) is 26.2 Å². The van der Waals surface area contributed by atoms with Gasteiger partial charge in [-0.2, -0.15) is 5.10 Å². The minimum absolute atomic E-state index is 0.666. The first-order chi connectivity index (χ1) is 8.66. The highest BCUT2D eigenvalue weighted by Crippen LogP contribution is 2.18. The summed E-state index contributed by atoms with van der Waals surface area (Å²) in [7, 11) is 1.89. The predicted molar refractivity (Wildman–Crippen MR) is 70.1 cm³/mol. The number of nitrogens with one attached hydrogen (secondary N) is 1. The zero-order valence-electron chi connectivity index (χ0n) is 11.2. The first-order valence-electron chi connectivity index (χ1n) is 6.30. The van der Waals surface area contributed by atoms with Crippen molar-refractivity contribution in [2.45, 2.75) is 20.3 Å². The van der Waals surface area contributed by atoms with Gasteiger partial charge in [-0.25, -0.2) is 4.98 Å². The number of rotatable bonds is 6. The number of oxazole rings is 1. The third kappa shape index (κ3) is 3.20. The van der Waals surface area contributed by atoms with Crippen molar-refractivity contribution in [3.63, 3.8) is 0 Å². The normalized spacial score (nSPS) is 11.3. The predicted octanol–water partition coefficient (Wildman–Crippen LogP) is 1.86. The SMILES string of the molecule is CC(C)CNCCc1ncc(-c2ccnn2C)o1. The van der Waals surface area contributed by atoms with Crippen molar-refractivity contribution < 1.29 is 4.42 Å².